The smallest absolute Gasteiger partial charge is 0.105 e. The number of nitrogens with zero attached hydrogens (tertiary/aromatic N) is 1. The zero-order chi connectivity index (χ0) is 8.97. The first-order valence-electron chi connectivity index (χ1n) is 4.08. The second-order valence-electron chi connectivity index (χ2n) is 2.77. The third-order valence-corrected chi connectivity index (χ3v) is 1.96. The van der Waals surface area contributed by atoms with Crippen LogP contribution in [-0.4, -0.2) is 25.0 Å². The molecule has 3 heteroatoms. The summed E-state index contributed by atoms with van der Waals surface area (Å²) in [6.45, 7) is 9.11. The Morgan fingerprint density at radius 1 is 1.50 bits per heavy atom. The van der Waals surface area contributed by atoms with Crippen LogP contribution in [0, 0.1) is 5.92 Å². The molecule has 66 valence electrons. The average Bonchev–Trinajstić information content (AvgIpc) is 2.58. The molecular formula is C9H15N3. The van der Waals surface area contributed by atoms with E-state index >= 15 is 0 Å². The summed E-state index contributed by atoms with van der Waals surface area (Å²) in [6.07, 6.45) is 3.53. The van der Waals surface area contributed by atoms with Gasteiger partial charge in [0.05, 0.1) is 12.5 Å². The highest BCUT2D eigenvalue weighted by Crippen LogP contribution is 2.07. The van der Waals surface area contributed by atoms with Gasteiger partial charge in [0.1, 0.15) is 5.84 Å². The van der Waals surface area contributed by atoms with E-state index in [1.165, 1.54) is 0 Å². The molecule has 0 spiro atoms. The fourth-order valence-corrected chi connectivity index (χ4v) is 1.24. The number of hydrogen-bond donors (Lipinski definition) is 2. The number of nitrogens with one attached hydrogen (secondary N) is 1. The molecule has 12 heavy (non-hydrogen) atoms. The van der Waals surface area contributed by atoms with Crippen LogP contribution in [0.15, 0.2) is 30.3 Å². The van der Waals surface area contributed by atoms with Gasteiger partial charge in [-0.2, -0.15) is 0 Å². The van der Waals surface area contributed by atoms with Crippen molar-refractivity contribution in [2.75, 3.05) is 13.1 Å². The van der Waals surface area contributed by atoms with Crippen LogP contribution in [0.4, 0.5) is 0 Å². The summed E-state index contributed by atoms with van der Waals surface area (Å²) in [4.78, 5) is 4.28. The maximum absolute atomic E-state index is 5.80. The van der Waals surface area contributed by atoms with E-state index in [9.17, 15) is 0 Å². The fraction of sp³-hybridized carbons (Fsp3) is 0.444. The molecule has 0 saturated carbocycles. The van der Waals surface area contributed by atoms with E-state index in [1.807, 2.05) is 6.08 Å². The minimum Gasteiger partial charge on any atom is -0.371 e. The molecule has 3 nitrogen and oxygen atoms in total. The molecule has 0 aromatic heterocycles. The molecule has 0 aromatic rings. The van der Waals surface area contributed by atoms with Crippen LogP contribution < -0.4 is 11.1 Å². The standard InChI is InChI=1S/C9H15N3/c1-3-7(8(10)4-2)9-11-5-6-12-9/h3-4,7-8H,1-2,5-6,10H2,(H,11,12). The first-order chi connectivity index (χ1) is 5.79. The van der Waals surface area contributed by atoms with Gasteiger partial charge in [0.15, 0.2) is 0 Å². The quantitative estimate of drug-likeness (QED) is 0.589. The molecule has 2 unspecified atom stereocenters. The van der Waals surface area contributed by atoms with Crippen LogP contribution >= 0.6 is 0 Å². The van der Waals surface area contributed by atoms with Gasteiger partial charge in [0, 0.05) is 12.6 Å². The van der Waals surface area contributed by atoms with Crippen molar-refractivity contribution in [1.29, 1.82) is 0 Å². The maximum Gasteiger partial charge on any atom is 0.105 e. The highest BCUT2D eigenvalue weighted by molar-refractivity contribution is 5.88. The molecule has 1 rings (SSSR count). The molecule has 2 atom stereocenters. The predicted octanol–water partition coefficient (Wildman–Crippen LogP) is 0.304. The van der Waals surface area contributed by atoms with Crippen molar-refractivity contribution in [1.82, 2.24) is 5.32 Å². The highest BCUT2D eigenvalue weighted by Gasteiger charge is 2.19. The Hall–Kier alpha value is -1.09. The number of nitrogens with two attached hydrogens (primary N) is 1. The third-order valence-electron chi connectivity index (χ3n) is 1.96. The molecule has 0 aliphatic carbocycles. The summed E-state index contributed by atoms with van der Waals surface area (Å²) < 4.78 is 0. The van der Waals surface area contributed by atoms with Crippen LogP contribution in [0.1, 0.15) is 0 Å². The lowest BCUT2D eigenvalue weighted by Gasteiger charge is -2.17. The zero-order valence-corrected chi connectivity index (χ0v) is 7.16. The number of amidine groups is 1. The first-order valence-corrected chi connectivity index (χ1v) is 4.08. The third kappa shape index (κ3) is 1.74. The van der Waals surface area contributed by atoms with E-state index < -0.39 is 0 Å². The second-order valence-corrected chi connectivity index (χ2v) is 2.77. The predicted molar refractivity (Wildman–Crippen MR) is 52.2 cm³/mol. The van der Waals surface area contributed by atoms with Gasteiger partial charge < -0.3 is 11.1 Å². The molecule has 0 fully saturated rings. The van der Waals surface area contributed by atoms with E-state index in [1.54, 1.807) is 6.08 Å². The number of aliphatic imine (C=N–C) groups is 1. The van der Waals surface area contributed by atoms with Crippen LogP contribution in [0.25, 0.3) is 0 Å². The molecule has 1 aliphatic rings. The molecule has 0 amide bonds. The largest absolute Gasteiger partial charge is 0.371 e. The fourth-order valence-electron chi connectivity index (χ4n) is 1.24. The number of rotatable bonds is 4. The van der Waals surface area contributed by atoms with Gasteiger partial charge in [-0.25, -0.2) is 0 Å². The van der Waals surface area contributed by atoms with Crippen LogP contribution in [0.5, 0.6) is 0 Å². The number of hydrogen-bond acceptors (Lipinski definition) is 3. The minimum absolute atomic E-state index is 0.0880. The van der Waals surface area contributed by atoms with Gasteiger partial charge in [0.25, 0.3) is 0 Å². The van der Waals surface area contributed by atoms with Crippen molar-refractivity contribution < 1.29 is 0 Å². The lowest BCUT2D eigenvalue weighted by Crippen LogP contribution is -2.37. The first kappa shape index (κ1) is 9.00. The summed E-state index contributed by atoms with van der Waals surface area (Å²) >= 11 is 0. The van der Waals surface area contributed by atoms with Crippen LogP contribution in [-0.2, 0) is 0 Å². The molecular weight excluding hydrogens is 150 g/mol. The van der Waals surface area contributed by atoms with Crippen molar-refractivity contribution >= 4 is 5.84 Å². The van der Waals surface area contributed by atoms with Crippen molar-refractivity contribution in [2.24, 2.45) is 16.6 Å². The Morgan fingerprint density at radius 3 is 2.67 bits per heavy atom. The Labute approximate surface area is 73.1 Å². The van der Waals surface area contributed by atoms with E-state index in [2.05, 4.69) is 23.5 Å². The topological polar surface area (TPSA) is 50.4 Å². The Balaban J connectivity index is 2.66. The SMILES string of the molecule is C=CC(N)C(C=C)C1=NCCN1. The summed E-state index contributed by atoms with van der Waals surface area (Å²) in [7, 11) is 0. The van der Waals surface area contributed by atoms with E-state index in [0.717, 1.165) is 18.9 Å². The van der Waals surface area contributed by atoms with Crippen molar-refractivity contribution in [3.8, 4) is 0 Å². The van der Waals surface area contributed by atoms with E-state index in [0.29, 0.717) is 0 Å². The maximum atomic E-state index is 5.80. The summed E-state index contributed by atoms with van der Waals surface area (Å²) in [5.41, 5.74) is 5.80. The highest BCUT2D eigenvalue weighted by atomic mass is 15.1. The summed E-state index contributed by atoms with van der Waals surface area (Å²) in [5.74, 6) is 1.03. The summed E-state index contributed by atoms with van der Waals surface area (Å²) in [5, 5.41) is 3.17. The molecule has 0 radical (unpaired) electrons. The van der Waals surface area contributed by atoms with Crippen molar-refractivity contribution in [3.63, 3.8) is 0 Å². The van der Waals surface area contributed by atoms with Crippen LogP contribution in [0.2, 0.25) is 0 Å². The monoisotopic (exact) mass is 165 g/mol. The molecule has 0 bridgehead atoms. The van der Waals surface area contributed by atoms with Gasteiger partial charge in [-0.3, -0.25) is 4.99 Å². The Morgan fingerprint density at radius 2 is 2.25 bits per heavy atom. The lowest BCUT2D eigenvalue weighted by atomic mass is 9.99. The average molecular weight is 165 g/mol. The van der Waals surface area contributed by atoms with Gasteiger partial charge in [-0.15, -0.1) is 13.2 Å². The van der Waals surface area contributed by atoms with Gasteiger partial charge in [0.2, 0.25) is 0 Å². The van der Waals surface area contributed by atoms with Crippen molar-refractivity contribution in [3.05, 3.63) is 25.3 Å². The van der Waals surface area contributed by atoms with Crippen LogP contribution in [0.3, 0.4) is 0 Å². The minimum atomic E-state index is -0.0909. The molecule has 1 heterocycles. The van der Waals surface area contributed by atoms with E-state index in [4.69, 9.17) is 5.73 Å². The Kier molecular flexibility index (Phi) is 3.05. The Bertz CT molecular complexity index is 208. The lowest BCUT2D eigenvalue weighted by molar-refractivity contribution is 0.711. The summed E-state index contributed by atoms with van der Waals surface area (Å²) in [6, 6.07) is -0.0909. The normalized spacial score (nSPS) is 20.6. The zero-order valence-electron chi connectivity index (χ0n) is 7.16. The molecule has 3 N–H and O–H groups in total. The molecule has 0 aromatic carbocycles. The van der Waals surface area contributed by atoms with Gasteiger partial charge >= 0.3 is 0 Å². The van der Waals surface area contributed by atoms with E-state index in [-0.39, 0.29) is 12.0 Å². The van der Waals surface area contributed by atoms with Gasteiger partial charge in [-0.05, 0) is 0 Å². The van der Waals surface area contributed by atoms with Gasteiger partial charge in [-0.1, -0.05) is 12.2 Å². The molecule has 1 aliphatic heterocycles. The molecule has 0 saturated heterocycles. The van der Waals surface area contributed by atoms with Crippen molar-refractivity contribution in [2.45, 2.75) is 6.04 Å². The second kappa shape index (κ2) is 4.07.